The lowest BCUT2D eigenvalue weighted by Gasteiger charge is -2.42. The van der Waals surface area contributed by atoms with Crippen LogP contribution < -0.4 is 11.1 Å². The van der Waals surface area contributed by atoms with Crippen molar-refractivity contribution in [1.29, 1.82) is 5.41 Å². The van der Waals surface area contributed by atoms with Gasteiger partial charge in [0.05, 0.1) is 6.04 Å². The van der Waals surface area contributed by atoms with Gasteiger partial charge in [0.15, 0.2) is 0 Å². The van der Waals surface area contributed by atoms with Gasteiger partial charge in [-0.05, 0) is 53.4 Å². The number of anilines is 1. The van der Waals surface area contributed by atoms with Crippen molar-refractivity contribution in [3.63, 3.8) is 0 Å². The summed E-state index contributed by atoms with van der Waals surface area (Å²) in [6.45, 7) is 2.25. The van der Waals surface area contributed by atoms with Crippen LogP contribution >= 0.6 is 0 Å². The quantitative estimate of drug-likeness (QED) is 0.410. The number of phenols is 1. The van der Waals surface area contributed by atoms with E-state index in [0.717, 1.165) is 28.8 Å². The van der Waals surface area contributed by atoms with E-state index in [9.17, 15) is 5.11 Å². The number of aromatic hydroxyl groups is 1. The van der Waals surface area contributed by atoms with Crippen LogP contribution in [0.15, 0.2) is 72.8 Å². The molecular weight excluding hydrogens is 334 g/mol. The maximum atomic E-state index is 9.62. The van der Waals surface area contributed by atoms with E-state index in [0.29, 0.717) is 0 Å². The first-order valence-corrected chi connectivity index (χ1v) is 9.07. The first-order valence-electron chi connectivity index (χ1n) is 9.07. The van der Waals surface area contributed by atoms with Crippen molar-refractivity contribution in [3.05, 3.63) is 95.1 Å². The molecule has 27 heavy (non-hydrogen) atoms. The van der Waals surface area contributed by atoms with Crippen molar-refractivity contribution in [3.8, 4) is 5.75 Å². The number of hydrogen-bond donors (Lipinski definition) is 4. The molecule has 0 fully saturated rings. The van der Waals surface area contributed by atoms with Gasteiger partial charge in [0.2, 0.25) is 0 Å². The van der Waals surface area contributed by atoms with E-state index in [1.807, 2.05) is 36.4 Å². The molecule has 4 rings (SSSR count). The third-order valence-electron chi connectivity index (χ3n) is 5.57. The zero-order valence-corrected chi connectivity index (χ0v) is 15.2. The third kappa shape index (κ3) is 3.04. The van der Waals surface area contributed by atoms with E-state index in [1.54, 1.807) is 12.1 Å². The third-order valence-corrected chi connectivity index (χ3v) is 5.57. The van der Waals surface area contributed by atoms with Gasteiger partial charge in [-0.2, -0.15) is 0 Å². The predicted octanol–water partition coefficient (Wildman–Crippen LogP) is 4.54. The lowest BCUT2D eigenvalue weighted by Crippen LogP contribution is -2.35. The fourth-order valence-electron chi connectivity index (χ4n) is 4.04. The van der Waals surface area contributed by atoms with Gasteiger partial charge in [-0.1, -0.05) is 49.4 Å². The van der Waals surface area contributed by atoms with E-state index in [1.165, 1.54) is 5.56 Å². The zero-order valence-electron chi connectivity index (χ0n) is 15.2. The Hall–Kier alpha value is -3.27. The van der Waals surface area contributed by atoms with E-state index < -0.39 is 0 Å². The molecule has 4 nitrogen and oxygen atoms in total. The van der Waals surface area contributed by atoms with Crippen LogP contribution in [0.4, 0.5) is 5.69 Å². The fraction of sp³-hybridized carbons (Fsp3) is 0.174. The highest BCUT2D eigenvalue weighted by molar-refractivity contribution is 5.95. The summed E-state index contributed by atoms with van der Waals surface area (Å²) >= 11 is 0. The minimum Gasteiger partial charge on any atom is -0.508 e. The number of nitrogens with one attached hydrogen (secondary N) is 2. The molecule has 1 heterocycles. The van der Waals surface area contributed by atoms with Gasteiger partial charge in [0, 0.05) is 16.7 Å². The van der Waals surface area contributed by atoms with Gasteiger partial charge in [0.25, 0.3) is 0 Å². The van der Waals surface area contributed by atoms with Gasteiger partial charge < -0.3 is 16.2 Å². The molecule has 0 bridgehead atoms. The Kier molecular flexibility index (Phi) is 4.11. The Morgan fingerprint density at radius 3 is 2.44 bits per heavy atom. The van der Waals surface area contributed by atoms with Crippen LogP contribution in [0.25, 0.3) is 0 Å². The van der Waals surface area contributed by atoms with Crippen LogP contribution in [0.3, 0.4) is 0 Å². The van der Waals surface area contributed by atoms with Crippen LogP contribution in [0.5, 0.6) is 5.75 Å². The minimum absolute atomic E-state index is 0.0777. The second kappa shape index (κ2) is 6.47. The molecule has 0 aliphatic carbocycles. The smallest absolute Gasteiger partial charge is 0.122 e. The van der Waals surface area contributed by atoms with Gasteiger partial charge in [0.1, 0.15) is 11.6 Å². The molecule has 0 radical (unpaired) electrons. The summed E-state index contributed by atoms with van der Waals surface area (Å²) in [5.41, 5.74) is 10.8. The molecular formula is C23H23N3O. The van der Waals surface area contributed by atoms with Crippen molar-refractivity contribution in [2.45, 2.75) is 24.8 Å². The van der Waals surface area contributed by atoms with Crippen LogP contribution in [0.1, 0.15) is 41.6 Å². The van der Waals surface area contributed by atoms with Crippen molar-refractivity contribution in [2.24, 2.45) is 5.73 Å². The molecule has 1 aliphatic rings. The summed E-state index contributed by atoms with van der Waals surface area (Å²) in [4.78, 5) is 0. The maximum Gasteiger partial charge on any atom is 0.122 e. The number of phenolic OH excluding ortho intramolecular Hbond substituents is 1. The largest absolute Gasteiger partial charge is 0.508 e. The number of benzene rings is 3. The number of fused-ring (bicyclic) bond motifs is 1. The molecule has 0 amide bonds. The van der Waals surface area contributed by atoms with Gasteiger partial charge in [-0.25, -0.2) is 0 Å². The molecule has 0 spiro atoms. The Labute approximate surface area is 159 Å². The Balaban J connectivity index is 1.86. The Bertz CT molecular complexity index is 982. The molecule has 1 aliphatic heterocycles. The topological polar surface area (TPSA) is 82.1 Å². The number of nitrogens with two attached hydrogens (primary N) is 1. The first kappa shape index (κ1) is 17.2. The maximum absolute atomic E-state index is 9.62. The van der Waals surface area contributed by atoms with Crippen molar-refractivity contribution in [1.82, 2.24) is 0 Å². The average molecular weight is 357 g/mol. The molecule has 2 atom stereocenters. The van der Waals surface area contributed by atoms with Crippen molar-refractivity contribution < 1.29 is 5.11 Å². The molecule has 0 aromatic heterocycles. The second-order valence-corrected chi connectivity index (χ2v) is 7.36. The molecule has 0 saturated heterocycles. The molecule has 4 heteroatoms. The van der Waals surface area contributed by atoms with Crippen molar-refractivity contribution >= 4 is 11.5 Å². The van der Waals surface area contributed by atoms with Crippen LogP contribution in [0, 0.1) is 5.41 Å². The fourth-order valence-corrected chi connectivity index (χ4v) is 4.04. The number of amidine groups is 1. The van der Waals surface area contributed by atoms with Gasteiger partial charge >= 0.3 is 0 Å². The summed E-state index contributed by atoms with van der Waals surface area (Å²) < 4.78 is 0. The molecule has 3 aromatic rings. The van der Waals surface area contributed by atoms with Gasteiger partial charge in [-0.3, -0.25) is 5.41 Å². The predicted molar refractivity (Wildman–Crippen MR) is 109 cm³/mol. The van der Waals surface area contributed by atoms with Gasteiger partial charge in [-0.15, -0.1) is 0 Å². The van der Waals surface area contributed by atoms with E-state index in [-0.39, 0.29) is 23.0 Å². The molecule has 0 unspecified atom stereocenters. The van der Waals surface area contributed by atoms with Crippen LogP contribution in [0.2, 0.25) is 0 Å². The number of rotatable bonds is 3. The summed E-state index contributed by atoms with van der Waals surface area (Å²) in [6, 6.07) is 23.9. The van der Waals surface area contributed by atoms with E-state index in [4.69, 9.17) is 11.1 Å². The highest BCUT2D eigenvalue weighted by Crippen LogP contribution is 2.48. The monoisotopic (exact) mass is 357 g/mol. The minimum atomic E-state index is -0.226. The van der Waals surface area contributed by atoms with E-state index >= 15 is 0 Å². The van der Waals surface area contributed by atoms with E-state index in [2.05, 4.69) is 36.5 Å². The molecule has 136 valence electrons. The van der Waals surface area contributed by atoms with Crippen molar-refractivity contribution in [2.75, 3.05) is 5.32 Å². The summed E-state index contributed by atoms with van der Waals surface area (Å²) in [6.07, 6.45) is 0.857. The number of hydrogen-bond acceptors (Lipinski definition) is 3. The normalized spacial score (nSPS) is 21.1. The molecule has 3 aromatic carbocycles. The zero-order chi connectivity index (χ0) is 19.0. The molecule has 5 N–H and O–H groups in total. The lowest BCUT2D eigenvalue weighted by atomic mass is 9.68. The first-order chi connectivity index (χ1) is 13.0. The van der Waals surface area contributed by atoms with Crippen LogP contribution in [-0.4, -0.2) is 10.9 Å². The highest BCUT2D eigenvalue weighted by Gasteiger charge is 2.38. The molecule has 0 saturated carbocycles. The summed E-state index contributed by atoms with van der Waals surface area (Å²) in [5, 5.41) is 21.1. The van der Waals surface area contributed by atoms with Crippen LogP contribution in [-0.2, 0) is 5.41 Å². The highest BCUT2D eigenvalue weighted by atomic mass is 16.3. The number of nitrogen functional groups attached to an aromatic ring is 1. The summed E-state index contributed by atoms with van der Waals surface area (Å²) in [5.74, 6) is 0.348. The average Bonchev–Trinajstić information content (AvgIpc) is 2.69. The lowest BCUT2D eigenvalue weighted by molar-refractivity contribution is 0.457. The Morgan fingerprint density at radius 2 is 1.78 bits per heavy atom. The SMILES string of the molecule is C[C@]1(c2ccccc2)C[C@H](c2ccc(O)cc2)Nc2ccc(C(=N)N)cc21. The second-order valence-electron chi connectivity index (χ2n) is 7.36. The Morgan fingerprint density at radius 1 is 1.07 bits per heavy atom. The standard InChI is InChI=1S/C23H23N3O/c1-23(17-5-3-2-4-6-17)14-21(15-7-10-18(27)11-8-15)26-20-12-9-16(22(24)25)13-19(20)23/h2-13,21,26-27H,14H2,1H3,(H3,24,25)/t21-,23-/m1/s1. The summed E-state index contributed by atoms with van der Waals surface area (Å²) in [7, 11) is 0.